The molecule has 1 amide bonds. The molecule has 0 spiro atoms. The Bertz CT molecular complexity index is 1230. The van der Waals surface area contributed by atoms with Crippen molar-refractivity contribution in [2.45, 2.75) is 56.9 Å². The molecule has 0 saturated carbocycles. The van der Waals surface area contributed by atoms with Crippen molar-refractivity contribution in [1.29, 1.82) is 0 Å². The van der Waals surface area contributed by atoms with Crippen LogP contribution in [0.3, 0.4) is 0 Å². The normalized spacial score (nSPS) is 21.0. The molecule has 2 aliphatic rings. The van der Waals surface area contributed by atoms with Gasteiger partial charge in [0.25, 0.3) is 0 Å². The molecule has 2 aromatic carbocycles. The lowest BCUT2D eigenvalue weighted by molar-refractivity contribution is -0.0690. The van der Waals surface area contributed by atoms with Crippen molar-refractivity contribution < 1.29 is 37.6 Å². The van der Waals surface area contributed by atoms with Crippen molar-refractivity contribution in [3.05, 3.63) is 48.0 Å². The molecular weight excluding hydrogens is 500 g/mol. The van der Waals surface area contributed by atoms with Gasteiger partial charge >= 0.3 is 6.09 Å². The van der Waals surface area contributed by atoms with Gasteiger partial charge in [0.2, 0.25) is 10.0 Å². The molecule has 37 heavy (non-hydrogen) atoms. The molecule has 1 saturated heterocycles. The molecule has 0 radical (unpaired) electrons. The first-order valence-electron chi connectivity index (χ1n) is 12.3. The Labute approximate surface area is 217 Å². The van der Waals surface area contributed by atoms with Crippen molar-refractivity contribution in [3.63, 3.8) is 0 Å². The average molecular weight is 535 g/mol. The number of benzene rings is 2. The quantitative estimate of drug-likeness (QED) is 0.527. The number of ether oxygens (including phenoxy) is 3. The molecule has 4 rings (SSSR count). The molecule has 2 atom stereocenters. The number of amides is 1. The van der Waals surface area contributed by atoms with Gasteiger partial charge in [-0.15, -0.1) is 0 Å². The van der Waals surface area contributed by atoms with Gasteiger partial charge in [0.05, 0.1) is 17.0 Å². The van der Waals surface area contributed by atoms with Crippen molar-refractivity contribution in [3.8, 4) is 17.2 Å². The van der Waals surface area contributed by atoms with Crippen LogP contribution in [0.2, 0.25) is 0 Å². The highest BCUT2D eigenvalue weighted by molar-refractivity contribution is 7.89. The molecule has 11 heteroatoms. The first-order valence-corrected chi connectivity index (χ1v) is 13.7. The van der Waals surface area contributed by atoms with E-state index < -0.39 is 34.0 Å². The molecule has 0 unspecified atom stereocenters. The molecule has 0 bridgehead atoms. The number of carbonyl (C=O) groups is 1. The lowest BCUT2D eigenvalue weighted by atomic mass is 10.00. The summed E-state index contributed by atoms with van der Waals surface area (Å²) in [6, 6.07) is 10.4. The van der Waals surface area contributed by atoms with E-state index in [9.17, 15) is 23.4 Å². The Kier molecular flexibility index (Phi) is 7.59. The molecule has 2 N–H and O–H groups in total. The molecule has 0 aliphatic carbocycles. The van der Waals surface area contributed by atoms with Crippen LogP contribution in [-0.2, 0) is 21.2 Å². The van der Waals surface area contributed by atoms with Gasteiger partial charge in [0, 0.05) is 19.2 Å². The fourth-order valence-corrected chi connectivity index (χ4v) is 6.54. The zero-order chi connectivity index (χ0) is 27.0. The highest BCUT2D eigenvalue weighted by atomic mass is 32.2. The van der Waals surface area contributed by atoms with Gasteiger partial charge < -0.3 is 24.4 Å². The fourth-order valence-electron chi connectivity index (χ4n) is 4.91. The number of nitrogens with zero attached hydrogens (tertiary/aromatic N) is 2. The number of fused-ring (bicyclic) bond motifs is 1. The zero-order valence-electron chi connectivity index (χ0n) is 21.5. The van der Waals surface area contributed by atoms with Gasteiger partial charge in [0.15, 0.2) is 11.5 Å². The number of phenols is 1. The summed E-state index contributed by atoms with van der Waals surface area (Å²) >= 11 is 0. The predicted molar refractivity (Wildman–Crippen MR) is 135 cm³/mol. The van der Waals surface area contributed by atoms with E-state index in [-0.39, 0.29) is 29.7 Å². The second-order valence-corrected chi connectivity index (χ2v) is 12.2. The monoisotopic (exact) mass is 534 g/mol. The smallest absolute Gasteiger partial charge is 0.409 e. The number of sulfonamides is 1. The Balaban J connectivity index is 1.67. The van der Waals surface area contributed by atoms with Crippen molar-refractivity contribution in [2.24, 2.45) is 5.92 Å². The lowest BCUT2D eigenvalue weighted by Gasteiger charge is -2.31. The van der Waals surface area contributed by atoms with Crippen LogP contribution in [0.4, 0.5) is 4.79 Å². The number of carboxylic acid groups (broad SMARTS) is 1. The predicted octanol–water partition coefficient (Wildman–Crippen LogP) is 3.54. The second-order valence-electron chi connectivity index (χ2n) is 10.2. The van der Waals surface area contributed by atoms with E-state index in [4.69, 9.17) is 14.2 Å². The third-order valence-electron chi connectivity index (χ3n) is 6.47. The minimum absolute atomic E-state index is 0.00697. The maximum atomic E-state index is 13.8. The molecule has 2 aliphatic heterocycles. The summed E-state index contributed by atoms with van der Waals surface area (Å²) < 4.78 is 46.4. The van der Waals surface area contributed by atoms with E-state index in [1.165, 1.54) is 33.5 Å². The number of hydrogen-bond acceptors (Lipinski definition) is 7. The first kappa shape index (κ1) is 27.0. The number of aromatic hydroxyl groups is 1. The lowest BCUT2D eigenvalue weighted by Crippen LogP contribution is -2.50. The van der Waals surface area contributed by atoms with Crippen LogP contribution in [0.15, 0.2) is 47.4 Å². The number of phenolic OH excluding ortho intramolecular Hbond substituents is 1. The second kappa shape index (κ2) is 10.4. The summed E-state index contributed by atoms with van der Waals surface area (Å²) in [7, 11) is -3.98. The third kappa shape index (κ3) is 5.78. The van der Waals surface area contributed by atoms with Gasteiger partial charge in [-0.2, -0.15) is 4.31 Å². The highest BCUT2D eigenvalue weighted by Crippen LogP contribution is 2.37. The third-order valence-corrected chi connectivity index (χ3v) is 8.30. The standard InChI is InChI=1S/C26H34N2O8S/c1-17(2)15-27(37(32,33)20-9-10-22-23(14-20)35-12-11-34-22)16-24-21(13-18-5-7-19(29)8-6-18)28(25(30)31)26(3,4)36-24/h5-10,14,17,21,24,29H,11-13,15-16H2,1-4H3,(H,30,31)/t21-,24+/m0/s1. The summed E-state index contributed by atoms with van der Waals surface area (Å²) in [5.41, 5.74) is -0.368. The van der Waals surface area contributed by atoms with Crippen LogP contribution in [0.25, 0.3) is 0 Å². The number of hydrogen-bond donors (Lipinski definition) is 2. The summed E-state index contributed by atoms with van der Waals surface area (Å²) in [4.78, 5) is 13.6. The molecular formula is C26H34N2O8S. The zero-order valence-corrected chi connectivity index (χ0v) is 22.3. The topological polar surface area (TPSA) is 126 Å². The molecule has 1 fully saturated rings. The summed E-state index contributed by atoms with van der Waals surface area (Å²) in [5.74, 6) is 0.976. The Morgan fingerprint density at radius 3 is 2.38 bits per heavy atom. The van der Waals surface area contributed by atoms with Crippen LogP contribution in [0.5, 0.6) is 17.2 Å². The Morgan fingerprint density at radius 1 is 1.11 bits per heavy atom. The summed E-state index contributed by atoms with van der Waals surface area (Å²) in [5, 5.41) is 19.7. The van der Waals surface area contributed by atoms with E-state index in [1.807, 2.05) is 13.8 Å². The average Bonchev–Trinajstić information content (AvgIpc) is 3.08. The van der Waals surface area contributed by atoms with Crippen LogP contribution < -0.4 is 9.47 Å². The van der Waals surface area contributed by atoms with E-state index in [0.717, 1.165) is 5.56 Å². The molecule has 202 valence electrons. The van der Waals surface area contributed by atoms with Gasteiger partial charge in [-0.1, -0.05) is 26.0 Å². The molecule has 10 nitrogen and oxygen atoms in total. The van der Waals surface area contributed by atoms with Crippen LogP contribution >= 0.6 is 0 Å². The molecule has 2 heterocycles. The van der Waals surface area contributed by atoms with E-state index in [2.05, 4.69) is 0 Å². The first-order chi connectivity index (χ1) is 17.4. The minimum Gasteiger partial charge on any atom is -0.508 e. The van der Waals surface area contributed by atoms with E-state index >= 15 is 0 Å². The van der Waals surface area contributed by atoms with Gasteiger partial charge in [-0.25, -0.2) is 13.2 Å². The fraction of sp³-hybridized carbons (Fsp3) is 0.500. The number of rotatable bonds is 8. The highest BCUT2D eigenvalue weighted by Gasteiger charge is 2.51. The van der Waals surface area contributed by atoms with Gasteiger partial charge in [-0.05, 0) is 56.0 Å². The van der Waals surface area contributed by atoms with E-state index in [1.54, 1.807) is 32.0 Å². The SMILES string of the molecule is CC(C)CN(C[C@H]1OC(C)(C)N(C(=O)O)[C@H]1Cc1ccc(O)cc1)S(=O)(=O)c1ccc2c(c1)OCCO2. The van der Waals surface area contributed by atoms with Crippen LogP contribution in [0.1, 0.15) is 33.3 Å². The Hall–Kier alpha value is -3.02. The maximum absolute atomic E-state index is 13.8. The summed E-state index contributed by atoms with van der Waals surface area (Å²) in [6.45, 7) is 8.07. The van der Waals surface area contributed by atoms with Crippen LogP contribution in [0, 0.1) is 5.92 Å². The minimum atomic E-state index is -3.98. The van der Waals surface area contributed by atoms with Gasteiger partial charge in [0.1, 0.15) is 24.7 Å². The van der Waals surface area contributed by atoms with Crippen molar-refractivity contribution in [2.75, 3.05) is 26.3 Å². The summed E-state index contributed by atoms with van der Waals surface area (Å²) in [6.07, 6.45) is -1.59. The van der Waals surface area contributed by atoms with Crippen LogP contribution in [-0.4, -0.2) is 78.1 Å². The van der Waals surface area contributed by atoms with E-state index in [0.29, 0.717) is 31.1 Å². The molecule has 0 aromatic heterocycles. The maximum Gasteiger partial charge on any atom is 0.409 e. The Morgan fingerprint density at radius 2 is 1.76 bits per heavy atom. The van der Waals surface area contributed by atoms with Crippen molar-refractivity contribution in [1.82, 2.24) is 9.21 Å². The van der Waals surface area contributed by atoms with Gasteiger partial charge in [-0.3, -0.25) is 4.90 Å². The van der Waals surface area contributed by atoms with Crippen molar-refractivity contribution >= 4 is 16.1 Å². The largest absolute Gasteiger partial charge is 0.508 e. The molecule has 2 aromatic rings.